The Morgan fingerprint density at radius 2 is 1.91 bits per heavy atom. The van der Waals surface area contributed by atoms with E-state index < -0.39 is 22.1 Å². The predicted molar refractivity (Wildman–Crippen MR) is 75.6 cm³/mol. The van der Waals surface area contributed by atoms with Crippen molar-refractivity contribution in [3.63, 3.8) is 0 Å². The van der Waals surface area contributed by atoms with Gasteiger partial charge in [-0.3, -0.25) is 10.1 Å². The summed E-state index contributed by atoms with van der Waals surface area (Å²) in [5.41, 5.74) is -1.82. The number of rotatable bonds is 3. The van der Waals surface area contributed by atoms with Crippen LogP contribution in [-0.2, 0) is 0 Å². The monoisotopic (exact) mass is 301 g/mol. The number of para-hydroxylation sites is 1. The van der Waals surface area contributed by atoms with E-state index in [-0.39, 0.29) is 22.5 Å². The lowest BCUT2D eigenvalue weighted by Crippen LogP contribution is -2.09. The number of nitrogens with zero attached hydrogens (tertiary/aromatic N) is 1. The first-order valence-electron chi connectivity index (χ1n) is 6.20. The number of hydrogen-bond acceptors (Lipinski definition) is 5. The molecule has 0 aliphatic heterocycles. The third kappa shape index (κ3) is 2.39. The molecule has 3 rings (SSSR count). The molecule has 0 unspecified atom stereocenters. The van der Waals surface area contributed by atoms with Crippen LogP contribution in [0.5, 0.6) is 11.5 Å². The number of hydrogen-bond donors (Lipinski definition) is 0. The maximum atomic E-state index is 13.2. The minimum Gasteiger partial charge on any atom is -0.449 e. The fourth-order valence-electron chi connectivity index (χ4n) is 2.02. The summed E-state index contributed by atoms with van der Waals surface area (Å²) in [7, 11) is 0. The second kappa shape index (κ2) is 5.28. The zero-order chi connectivity index (χ0) is 15.7. The van der Waals surface area contributed by atoms with Gasteiger partial charge in [0.15, 0.2) is 0 Å². The Balaban J connectivity index is 2.27. The molecule has 0 saturated carbocycles. The van der Waals surface area contributed by atoms with Crippen LogP contribution in [0.2, 0.25) is 0 Å². The predicted octanol–water partition coefficient (Wildman–Crippen LogP) is 3.63. The van der Waals surface area contributed by atoms with Gasteiger partial charge < -0.3 is 9.15 Å². The molecule has 0 aliphatic rings. The molecule has 7 heteroatoms. The normalized spacial score (nSPS) is 10.6. The van der Waals surface area contributed by atoms with Crippen LogP contribution in [0, 0.1) is 15.9 Å². The fourth-order valence-corrected chi connectivity index (χ4v) is 2.02. The molecule has 22 heavy (non-hydrogen) atoms. The van der Waals surface area contributed by atoms with E-state index in [1.807, 2.05) is 0 Å². The van der Waals surface area contributed by atoms with Crippen LogP contribution in [0.3, 0.4) is 0 Å². The Bertz CT molecular complexity index is 935. The Hall–Kier alpha value is -3.22. The van der Waals surface area contributed by atoms with Crippen LogP contribution in [0.1, 0.15) is 0 Å². The maximum absolute atomic E-state index is 13.2. The van der Waals surface area contributed by atoms with Crippen molar-refractivity contribution in [2.24, 2.45) is 0 Å². The summed E-state index contributed by atoms with van der Waals surface area (Å²) in [6.07, 6.45) is 0. The van der Waals surface area contributed by atoms with Gasteiger partial charge in [0.2, 0.25) is 5.75 Å². The Morgan fingerprint density at radius 3 is 2.64 bits per heavy atom. The summed E-state index contributed by atoms with van der Waals surface area (Å²) in [4.78, 5) is 22.0. The van der Waals surface area contributed by atoms with Crippen LogP contribution >= 0.6 is 0 Å². The van der Waals surface area contributed by atoms with E-state index in [0.717, 1.165) is 6.07 Å². The molecule has 0 radical (unpaired) electrons. The van der Waals surface area contributed by atoms with Crippen LogP contribution in [0.15, 0.2) is 57.7 Å². The molecule has 0 N–H and O–H groups in total. The van der Waals surface area contributed by atoms with E-state index in [1.165, 1.54) is 30.3 Å². The van der Waals surface area contributed by atoms with Gasteiger partial charge in [0, 0.05) is 6.07 Å². The first-order chi connectivity index (χ1) is 10.6. The van der Waals surface area contributed by atoms with E-state index in [9.17, 15) is 19.3 Å². The summed E-state index contributed by atoms with van der Waals surface area (Å²) in [5.74, 6) is -0.797. The average molecular weight is 301 g/mol. The minimum absolute atomic E-state index is 0.0406. The van der Waals surface area contributed by atoms with Gasteiger partial charge >= 0.3 is 11.3 Å². The van der Waals surface area contributed by atoms with Crippen LogP contribution in [-0.4, -0.2) is 4.92 Å². The lowest BCUT2D eigenvalue weighted by molar-refractivity contribution is -0.387. The first-order valence-corrected chi connectivity index (χ1v) is 6.20. The van der Waals surface area contributed by atoms with Gasteiger partial charge in [-0.25, -0.2) is 9.18 Å². The lowest BCUT2D eigenvalue weighted by atomic mass is 10.2. The van der Waals surface area contributed by atoms with E-state index >= 15 is 0 Å². The summed E-state index contributed by atoms with van der Waals surface area (Å²) >= 11 is 0. The summed E-state index contributed by atoms with van der Waals surface area (Å²) < 4.78 is 23.5. The molecule has 0 saturated heterocycles. The topological polar surface area (TPSA) is 82.6 Å². The number of nitro groups is 1. The van der Waals surface area contributed by atoms with Crippen molar-refractivity contribution in [2.75, 3.05) is 0 Å². The van der Waals surface area contributed by atoms with Gasteiger partial charge in [-0.15, -0.1) is 0 Å². The Morgan fingerprint density at radius 1 is 1.14 bits per heavy atom. The summed E-state index contributed by atoms with van der Waals surface area (Å²) in [6, 6.07) is 11.3. The second-order valence-corrected chi connectivity index (χ2v) is 4.38. The highest BCUT2D eigenvalue weighted by Crippen LogP contribution is 2.35. The van der Waals surface area contributed by atoms with Crippen molar-refractivity contribution in [1.29, 1.82) is 0 Å². The highest BCUT2D eigenvalue weighted by atomic mass is 19.1. The molecule has 2 aromatic carbocycles. The molecule has 110 valence electrons. The van der Waals surface area contributed by atoms with Crippen molar-refractivity contribution >= 4 is 16.7 Å². The minimum atomic E-state index is -1.13. The molecular weight excluding hydrogens is 293 g/mol. The standard InChI is InChI=1S/C15H8FNO5/c16-9-4-3-5-10(8-9)21-14-11-6-1-2-7-12(11)22-15(18)13(14)17(19)20/h1-8H. The van der Waals surface area contributed by atoms with Crippen LogP contribution < -0.4 is 10.4 Å². The largest absolute Gasteiger partial charge is 0.449 e. The van der Waals surface area contributed by atoms with Crippen molar-refractivity contribution < 1.29 is 18.5 Å². The van der Waals surface area contributed by atoms with Crippen molar-refractivity contribution in [2.45, 2.75) is 0 Å². The maximum Gasteiger partial charge on any atom is 0.419 e. The molecule has 0 spiro atoms. The number of benzene rings is 2. The first kappa shape index (κ1) is 13.7. The highest BCUT2D eigenvalue weighted by Gasteiger charge is 2.26. The number of halogens is 1. The Labute approximate surface area is 122 Å². The molecule has 0 fully saturated rings. The zero-order valence-electron chi connectivity index (χ0n) is 11.0. The third-order valence-electron chi connectivity index (χ3n) is 2.94. The van der Waals surface area contributed by atoms with Crippen molar-refractivity contribution in [3.8, 4) is 11.5 Å². The number of fused-ring (bicyclic) bond motifs is 1. The fraction of sp³-hybridized carbons (Fsp3) is 0. The SMILES string of the molecule is O=c1oc2ccccc2c(Oc2cccc(F)c2)c1[N+](=O)[O-]. The smallest absolute Gasteiger partial charge is 0.419 e. The second-order valence-electron chi connectivity index (χ2n) is 4.38. The van der Waals surface area contributed by atoms with E-state index in [4.69, 9.17) is 9.15 Å². The average Bonchev–Trinajstić information content (AvgIpc) is 2.46. The highest BCUT2D eigenvalue weighted by molar-refractivity contribution is 5.87. The number of ether oxygens (including phenoxy) is 1. The van der Waals surface area contributed by atoms with Crippen molar-refractivity contribution in [3.05, 3.63) is 74.9 Å². The van der Waals surface area contributed by atoms with Crippen molar-refractivity contribution in [1.82, 2.24) is 0 Å². The molecule has 6 nitrogen and oxygen atoms in total. The third-order valence-corrected chi connectivity index (χ3v) is 2.94. The van der Waals surface area contributed by atoms with E-state index in [0.29, 0.717) is 0 Å². The molecule has 0 amide bonds. The lowest BCUT2D eigenvalue weighted by Gasteiger charge is -2.08. The molecule has 3 aromatic rings. The molecule has 0 atom stereocenters. The molecule has 0 bridgehead atoms. The summed E-state index contributed by atoms with van der Waals surface area (Å²) in [6.45, 7) is 0. The van der Waals surface area contributed by atoms with Gasteiger partial charge in [-0.05, 0) is 24.3 Å². The Kier molecular flexibility index (Phi) is 3.30. The van der Waals surface area contributed by atoms with Gasteiger partial charge in [0.25, 0.3) is 0 Å². The van der Waals surface area contributed by atoms with Crippen LogP contribution in [0.25, 0.3) is 11.0 Å². The quantitative estimate of drug-likeness (QED) is 0.419. The zero-order valence-corrected chi connectivity index (χ0v) is 11.0. The summed E-state index contributed by atoms with van der Waals surface area (Å²) in [5, 5.41) is 11.4. The molecule has 1 aromatic heterocycles. The molecule has 0 aliphatic carbocycles. The van der Waals surface area contributed by atoms with Gasteiger partial charge in [-0.2, -0.15) is 0 Å². The van der Waals surface area contributed by atoms with Crippen LogP contribution in [0.4, 0.5) is 10.1 Å². The molecule has 1 heterocycles. The van der Waals surface area contributed by atoms with Gasteiger partial charge in [0.1, 0.15) is 17.1 Å². The van der Waals surface area contributed by atoms with E-state index in [2.05, 4.69) is 0 Å². The van der Waals surface area contributed by atoms with E-state index in [1.54, 1.807) is 12.1 Å². The molecular formula is C15H8FNO5. The van der Waals surface area contributed by atoms with Gasteiger partial charge in [0.05, 0.1) is 10.3 Å². The van der Waals surface area contributed by atoms with Gasteiger partial charge in [-0.1, -0.05) is 18.2 Å².